The fraction of sp³-hybridized carbons (Fsp3) is 0.241. The first-order valence-corrected chi connectivity index (χ1v) is 13.3. The molecular formula is C29H24ClF3N6O2. The molecule has 0 radical (unpaired) electrons. The highest BCUT2D eigenvalue weighted by molar-refractivity contribution is 6.30. The van der Waals surface area contributed by atoms with Gasteiger partial charge in [-0.1, -0.05) is 11.6 Å². The summed E-state index contributed by atoms with van der Waals surface area (Å²) in [5, 5.41) is 8.06. The smallest absolute Gasteiger partial charge is 0.339 e. The van der Waals surface area contributed by atoms with Crippen molar-refractivity contribution in [3.05, 3.63) is 95.4 Å². The molecule has 4 heterocycles. The molecule has 0 bridgehead atoms. The molecule has 0 saturated carbocycles. The van der Waals surface area contributed by atoms with Gasteiger partial charge in [0.2, 0.25) is 5.91 Å². The molecule has 0 unspecified atom stereocenters. The number of anilines is 1. The molecule has 2 amide bonds. The Kier molecular flexibility index (Phi) is 6.69. The molecule has 8 nitrogen and oxygen atoms in total. The van der Waals surface area contributed by atoms with E-state index in [1.807, 2.05) is 17.0 Å². The van der Waals surface area contributed by atoms with Crippen LogP contribution in [0.15, 0.2) is 79.1 Å². The van der Waals surface area contributed by atoms with Crippen LogP contribution < -0.4 is 10.2 Å². The van der Waals surface area contributed by atoms with Gasteiger partial charge in [0.05, 0.1) is 23.6 Å². The van der Waals surface area contributed by atoms with Crippen molar-refractivity contribution in [1.82, 2.24) is 25.0 Å². The number of carbonyl (C=O) groups is 2. The number of piperidine rings is 1. The van der Waals surface area contributed by atoms with Crippen molar-refractivity contribution >= 4 is 29.1 Å². The zero-order chi connectivity index (χ0) is 28.8. The number of hydrogen-bond donors (Lipinski definition) is 1. The number of carbonyl (C=O) groups excluding carboxylic acids is 2. The lowest BCUT2D eigenvalue weighted by Crippen LogP contribution is -2.57. The van der Waals surface area contributed by atoms with Gasteiger partial charge in [-0.25, -0.2) is 4.68 Å². The third-order valence-electron chi connectivity index (χ3n) is 7.70. The van der Waals surface area contributed by atoms with Crippen LogP contribution in [-0.4, -0.2) is 56.8 Å². The number of likely N-dealkylation sites (tertiary alicyclic amines) is 1. The van der Waals surface area contributed by atoms with Crippen LogP contribution in [0.25, 0.3) is 16.9 Å². The van der Waals surface area contributed by atoms with Gasteiger partial charge in [-0.3, -0.25) is 14.6 Å². The first kappa shape index (κ1) is 26.8. The lowest BCUT2D eigenvalue weighted by atomic mass is 9.85. The van der Waals surface area contributed by atoms with Gasteiger partial charge in [-0.05, 0) is 79.6 Å². The fourth-order valence-electron chi connectivity index (χ4n) is 5.49. The first-order valence-electron chi connectivity index (χ1n) is 12.9. The summed E-state index contributed by atoms with van der Waals surface area (Å²) < 4.78 is 40.9. The largest absolute Gasteiger partial charge is 0.416 e. The third kappa shape index (κ3) is 4.90. The molecule has 0 aliphatic carbocycles. The molecule has 2 fully saturated rings. The van der Waals surface area contributed by atoms with Crippen molar-refractivity contribution in [3.8, 4) is 16.9 Å². The fourth-order valence-corrected chi connectivity index (χ4v) is 5.62. The average molecular weight is 581 g/mol. The van der Waals surface area contributed by atoms with Gasteiger partial charge in [0.15, 0.2) is 5.69 Å². The van der Waals surface area contributed by atoms with E-state index in [-0.39, 0.29) is 17.5 Å². The Morgan fingerprint density at radius 1 is 0.927 bits per heavy atom. The van der Waals surface area contributed by atoms with E-state index in [1.54, 1.807) is 47.6 Å². The van der Waals surface area contributed by atoms with E-state index >= 15 is 0 Å². The quantitative estimate of drug-likeness (QED) is 0.360. The number of nitrogens with one attached hydrogen (secondary N) is 1. The zero-order valence-corrected chi connectivity index (χ0v) is 22.4. The maximum atomic E-state index is 13.6. The van der Waals surface area contributed by atoms with Crippen LogP contribution >= 0.6 is 11.6 Å². The number of benzene rings is 2. The Bertz CT molecular complexity index is 1580. The van der Waals surface area contributed by atoms with E-state index < -0.39 is 17.3 Å². The number of alkyl halides is 3. The Morgan fingerprint density at radius 3 is 2.20 bits per heavy atom. The minimum atomic E-state index is -4.47. The number of pyridine rings is 1. The minimum absolute atomic E-state index is 0.0777. The van der Waals surface area contributed by atoms with Crippen LogP contribution in [0.2, 0.25) is 5.02 Å². The van der Waals surface area contributed by atoms with Gasteiger partial charge in [0.25, 0.3) is 5.91 Å². The maximum absolute atomic E-state index is 13.6. The average Bonchev–Trinajstić information content (AvgIpc) is 3.56. The Balaban J connectivity index is 1.27. The van der Waals surface area contributed by atoms with Crippen molar-refractivity contribution < 1.29 is 22.8 Å². The molecule has 41 heavy (non-hydrogen) atoms. The maximum Gasteiger partial charge on any atom is 0.416 e. The van der Waals surface area contributed by atoms with Gasteiger partial charge in [0, 0.05) is 41.8 Å². The Morgan fingerprint density at radius 2 is 1.56 bits per heavy atom. The monoisotopic (exact) mass is 580 g/mol. The zero-order valence-electron chi connectivity index (χ0n) is 21.6. The van der Waals surface area contributed by atoms with Crippen molar-refractivity contribution in [2.24, 2.45) is 0 Å². The molecule has 2 aliphatic heterocycles. The molecule has 6 rings (SSSR count). The number of hydrogen-bond acceptors (Lipinski definition) is 5. The normalized spacial score (nSPS) is 16.7. The van der Waals surface area contributed by atoms with Crippen LogP contribution in [0.3, 0.4) is 0 Å². The molecule has 2 aliphatic rings. The minimum Gasteiger partial charge on any atom is -0.339 e. The lowest BCUT2D eigenvalue weighted by Gasteiger charge is -2.43. The summed E-state index contributed by atoms with van der Waals surface area (Å²) in [6, 6.07) is 17.0. The van der Waals surface area contributed by atoms with E-state index in [0.29, 0.717) is 54.6 Å². The Labute approximate surface area is 238 Å². The second-order valence-corrected chi connectivity index (χ2v) is 10.4. The van der Waals surface area contributed by atoms with Crippen LogP contribution in [0.1, 0.15) is 28.9 Å². The molecule has 2 aromatic heterocycles. The highest BCUT2D eigenvalue weighted by Gasteiger charge is 2.51. The summed E-state index contributed by atoms with van der Waals surface area (Å²) in [4.78, 5) is 34.4. The van der Waals surface area contributed by atoms with E-state index in [9.17, 15) is 22.8 Å². The van der Waals surface area contributed by atoms with Crippen LogP contribution in [0.4, 0.5) is 18.9 Å². The van der Waals surface area contributed by atoms with Crippen molar-refractivity contribution in [2.45, 2.75) is 24.6 Å². The predicted octanol–water partition coefficient (Wildman–Crippen LogP) is 5.18. The molecule has 12 heteroatoms. The highest BCUT2D eigenvalue weighted by atomic mass is 35.5. The Hall–Kier alpha value is -4.38. The first-order chi connectivity index (χ1) is 19.7. The van der Waals surface area contributed by atoms with Crippen LogP contribution in [0.5, 0.6) is 0 Å². The molecule has 0 atom stereocenters. The summed E-state index contributed by atoms with van der Waals surface area (Å²) >= 11 is 6.05. The van der Waals surface area contributed by atoms with Gasteiger partial charge in [-0.2, -0.15) is 18.3 Å². The predicted molar refractivity (Wildman–Crippen MR) is 147 cm³/mol. The summed E-state index contributed by atoms with van der Waals surface area (Å²) in [6.45, 7) is 1.02. The van der Waals surface area contributed by atoms with E-state index in [0.717, 1.165) is 17.8 Å². The number of aromatic nitrogens is 3. The van der Waals surface area contributed by atoms with E-state index in [1.165, 1.54) is 16.8 Å². The van der Waals surface area contributed by atoms with Gasteiger partial charge in [-0.15, -0.1) is 0 Å². The summed E-state index contributed by atoms with van der Waals surface area (Å²) in [5.41, 5.74) is 1.07. The van der Waals surface area contributed by atoms with Gasteiger partial charge < -0.3 is 15.1 Å². The second kappa shape index (κ2) is 10.2. The molecule has 1 N–H and O–H groups in total. The molecule has 2 aromatic carbocycles. The number of halogens is 4. The SMILES string of the molecule is O=C(c1cc(-c2ccncc2)n(-c2ccc(C(F)(F)F)cc2)n1)N1CCC2(CC1)C(=O)NCN2c1ccc(Cl)cc1. The number of amides is 2. The van der Waals surface area contributed by atoms with Crippen molar-refractivity contribution in [1.29, 1.82) is 0 Å². The third-order valence-corrected chi connectivity index (χ3v) is 7.95. The van der Waals surface area contributed by atoms with Crippen molar-refractivity contribution in [2.75, 3.05) is 24.7 Å². The van der Waals surface area contributed by atoms with Crippen LogP contribution in [0, 0.1) is 0 Å². The number of rotatable bonds is 4. The standard InChI is InChI=1S/C29H24ClF3N6O2/c30-21-3-7-22(8-4-21)38-18-35-27(41)28(38)11-15-37(16-12-28)26(40)24-17-25(19-9-13-34-14-10-19)39(36-24)23-5-1-20(2-6-23)29(31,32)33/h1-10,13-14,17H,11-12,15-16,18H2,(H,35,41). The molecule has 2 saturated heterocycles. The van der Waals surface area contributed by atoms with Crippen LogP contribution in [-0.2, 0) is 11.0 Å². The van der Waals surface area contributed by atoms with E-state index in [4.69, 9.17) is 11.6 Å². The van der Waals surface area contributed by atoms with E-state index in [2.05, 4.69) is 15.4 Å². The topological polar surface area (TPSA) is 83.4 Å². The molecule has 4 aromatic rings. The second-order valence-electron chi connectivity index (χ2n) is 10.00. The van der Waals surface area contributed by atoms with Crippen molar-refractivity contribution in [3.63, 3.8) is 0 Å². The summed E-state index contributed by atoms with van der Waals surface area (Å²) in [6.07, 6.45) is -0.453. The van der Waals surface area contributed by atoms with Gasteiger partial charge >= 0.3 is 6.18 Å². The number of nitrogens with zero attached hydrogens (tertiary/aromatic N) is 5. The molecule has 1 spiro atoms. The van der Waals surface area contributed by atoms with Gasteiger partial charge in [0.1, 0.15) is 5.54 Å². The summed E-state index contributed by atoms with van der Waals surface area (Å²) in [5.74, 6) is -0.400. The molecular weight excluding hydrogens is 557 g/mol. The lowest BCUT2D eigenvalue weighted by molar-refractivity contribution is -0.137. The highest BCUT2D eigenvalue weighted by Crippen LogP contribution is 2.37. The summed E-state index contributed by atoms with van der Waals surface area (Å²) in [7, 11) is 0. The molecule has 210 valence electrons.